The molecule has 9 heteroatoms. The molecule has 0 aliphatic carbocycles. The van der Waals surface area contributed by atoms with Crippen molar-refractivity contribution in [1.29, 1.82) is 5.26 Å². The summed E-state index contributed by atoms with van der Waals surface area (Å²) in [4.78, 5) is 23.9. The monoisotopic (exact) mass is 401 g/mol. The van der Waals surface area contributed by atoms with E-state index < -0.39 is 5.91 Å². The predicted octanol–water partition coefficient (Wildman–Crippen LogP) is 1.99. The van der Waals surface area contributed by atoms with Crippen LogP contribution < -0.4 is 21.1 Å². The Kier molecular flexibility index (Phi) is 5.50. The second-order valence-corrected chi connectivity index (χ2v) is 6.75. The van der Waals surface area contributed by atoms with Gasteiger partial charge in [-0.1, -0.05) is 0 Å². The number of rotatable bonds is 6. The molecule has 1 aromatic heterocycles. The van der Waals surface area contributed by atoms with E-state index in [4.69, 9.17) is 10.5 Å². The quantitative estimate of drug-likeness (QED) is 0.570. The lowest BCUT2D eigenvalue weighted by Gasteiger charge is -2.14. The summed E-state index contributed by atoms with van der Waals surface area (Å²) >= 11 is 0. The van der Waals surface area contributed by atoms with E-state index in [2.05, 4.69) is 31.7 Å². The summed E-state index contributed by atoms with van der Waals surface area (Å²) in [6, 6.07) is 14.1. The lowest BCUT2D eigenvalue weighted by molar-refractivity contribution is 0.100. The molecular formula is C21H19N7O2. The first kappa shape index (κ1) is 19.3. The van der Waals surface area contributed by atoms with Gasteiger partial charge in [-0.05, 0) is 55.4 Å². The van der Waals surface area contributed by atoms with E-state index in [0.29, 0.717) is 39.9 Å². The third-order valence-corrected chi connectivity index (χ3v) is 4.66. The van der Waals surface area contributed by atoms with Crippen LogP contribution in [0.3, 0.4) is 0 Å². The Bertz CT molecular complexity index is 1100. The lowest BCUT2D eigenvalue weighted by atomic mass is 10.1. The van der Waals surface area contributed by atoms with Crippen LogP contribution >= 0.6 is 0 Å². The molecule has 2 heterocycles. The molecule has 30 heavy (non-hydrogen) atoms. The van der Waals surface area contributed by atoms with E-state index in [9.17, 15) is 10.1 Å². The zero-order valence-corrected chi connectivity index (χ0v) is 16.0. The second-order valence-electron chi connectivity index (χ2n) is 6.75. The van der Waals surface area contributed by atoms with E-state index in [-0.39, 0.29) is 6.10 Å². The predicted molar refractivity (Wildman–Crippen MR) is 110 cm³/mol. The number of anilines is 2. The standard InChI is InChI=1S/C21H19N7O2/c22-10-15-9-14(3-6-18(15)30-17-7-8-24-11-17)20-25-12-26-21(28-20)27-16-4-1-13(2-5-16)19(23)29/h1-6,9,12,17,24H,7-8,11H2,(H2,23,29)(H,25,26,27,28). The highest BCUT2D eigenvalue weighted by Gasteiger charge is 2.18. The van der Waals surface area contributed by atoms with Crippen molar-refractivity contribution in [2.75, 3.05) is 18.4 Å². The summed E-state index contributed by atoms with van der Waals surface area (Å²) in [6.45, 7) is 1.69. The van der Waals surface area contributed by atoms with Gasteiger partial charge in [-0.3, -0.25) is 4.79 Å². The van der Waals surface area contributed by atoms with Gasteiger partial charge in [0.05, 0.1) is 5.56 Å². The molecule has 0 spiro atoms. The molecule has 9 nitrogen and oxygen atoms in total. The molecule has 1 atom stereocenters. The Morgan fingerprint density at radius 1 is 1.23 bits per heavy atom. The normalized spacial score (nSPS) is 15.4. The van der Waals surface area contributed by atoms with E-state index >= 15 is 0 Å². The Balaban J connectivity index is 1.54. The van der Waals surface area contributed by atoms with Gasteiger partial charge in [0.15, 0.2) is 5.82 Å². The Morgan fingerprint density at radius 2 is 2.07 bits per heavy atom. The molecule has 4 rings (SSSR count). The summed E-state index contributed by atoms with van der Waals surface area (Å²) in [5, 5.41) is 15.8. The van der Waals surface area contributed by atoms with Crippen LogP contribution in [0.2, 0.25) is 0 Å². The zero-order chi connectivity index (χ0) is 20.9. The van der Waals surface area contributed by atoms with Crippen molar-refractivity contribution in [2.45, 2.75) is 12.5 Å². The summed E-state index contributed by atoms with van der Waals surface area (Å²) in [7, 11) is 0. The van der Waals surface area contributed by atoms with Crippen molar-refractivity contribution in [1.82, 2.24) is 20.3 Å². The highest BCUT2D eigenvalue weighted by molar-refractivity contribution is 5.93. The third kappa shape index (κ3) is 4.34. The first-order valence-electron chi connectivity index (χ1n) is 9.40. The van der Waals surface area contributed by atoms with Gasteiger partial charge in [-0.15, -0.1) is 0 Å². The molecule has 1 aliphatic rings. The van der Waals surface area contributed by atoms with E-state index in [1.807, 2.05) is 6.07 Å². The minimum atomic E-state index is -0.492. The lowest BCUT2D eigenvalue weighted by Crippen LogP contribution is -2.20. The van der Waals surface area contributed by atoms with E-state index in [0.717, 1.165) is 19.5 Å². The fraction of sp³-hybridized carbons (Fsp3) is 0.190. The smallest absolute Gasteiger partial charge is 0.248 e. The number of nitrogens with one attached hydrogen (secondary N) is 2. The maximum atomic E-state index is 11.2. The average Bonchev–Trinajstić information content (AvgIpc) is 3.28. The Morgan fingerprint density at radius 3 is 2.77 bits per heavy atom. The molecular weight excluding hydrogens is 382 g/mol. The third-order valence-electron chi connectivity index (χ3n) is 4.66. The van der Waals surface area contributed by atoms with Crippen molar-refractivity contribution < 1.29 is 9.53 Å². The van der Waals surface area contributed by atoms with Gasteiger partial charge in [0, 0.05) is 23.4 Å². The first-order chi connectivity index (χ1) is 14.6. The first-order valence-corrected chi connectivity index (χ1v) is 9.40. The van der Waals surface area contributed by atoms with Crippen LogP contribution in [0.4, 0.5) is 11.6 Å². The van der Waals surface area contributed by atoms with Gasteiger partial charge in [0.1, 0.15) is 24.3 Å². The average molecular weight is 401 g/mol. The van der Waals surface area contributed by atoms with Crippen LogP contribution in [0.25, 0.3) is 11.4 Å². The van der Waals surface area contributed by atoms with Crippen LogP contribution in [0.5, 0.6) is 5.75 Å². The Hall–Kier alpha value is -4.03. The molecule has 1 amide bonds. The largest absolute Gasteiger partial charge is 0.488 e. The highest BCUT2D eigenvalue weighted by Crippen LogP contribution is 2.26. The maximum Gasteiger partial charge on any atom is 0.248 e. The number of hydrogen-bond donors (Lipinski definition) is 3. The minimum Gasteiger partial charge on any atom is -0.488 e. The molecule has 3 aromatic rings. The molecule has 0 bridgehead atoms. The minimum absolute atomic E-state index is 0.0666. The number of nitriles is 1. The Labute approximate surface area is 172 Å². The summed E-state index contributed by atoms with van der Waals surface area (Å²) in [6.07, 6.45) is 2.37. The molecule has 1 unspecified atom stereocenters. The highest BCUT2D eigenvalue weighted by atomic mass is 16.5. The summed E-state index contributed by atoms with van der Waals surface area (Å²) in [5.41, 5.74) is 7.47. The van der Waals surface area contributed by atoms with Gasteiger partial charge in [-0.25, -0.2) is 9.97 Å². The SMILES string of the molecule is N#Cc1cc(-c2ncnc(Nc3ccc(C(N)=O)cc3)n2)ccc1OC1CCNC1. The van der Waals surface area contributed by atoms with Gasteiger partial charge >= 0.3 is 0 Å². The van der Waals surface area contributed by atoms with E-state index in [1.165, 1.54) is 6.33 Å². The number of carbonyl (C=O) groups is 1. The maximum absolute atomic E-state index is 11.2. The van der Waals surface area contributed by atoms with Gasteiger partial charge < -0.3 is 21.1 Å². The molecule has 1 aliphatic heterocycles. The van der Waals surface area contributed by atoms with Crippen molar-refractivity contribution in [3.8, 4) is 23.2 Å². The van der Waals surface area contributed by atoms with Crippen molar-refractivity contribution in [3.63, 3.8) is 0 Å². The number of hydrogen-bond acceptors (Lipinski definition) is 8. The van der Waals surface area contributed by atoms with Crippen LogP contribution in [0.15, 0.2) is 48.8 Å². The molecule has 0 saturated carbocycles. The molecule has 1 saturated heterocycles. The number of aromatic nitrogens is 3. The van der Waals surface area contributed by atoms with E-state index in [1.54, 1.807) is 36.4 Å². The van der Waals surface area contributed by atoms with Crippen LogP contribution in [0, 0.1) is 11.3 Å². The van der Waals surface area contributed by atoms with Gasteiger partial charge in [0.25, 0.3) is 0 Å². The second kappa shape index (κ2) is 8.55. The number of carbonyl (C=O) groups excluding carboxylic acids is 1. The van der Waals surface area contributed by atoms with Gasteiger partial charge in [0.2, 0.25) is 11.9 Å². The molecule has 0 radical (unpaired) electrons. The number of amides is 1. The number of nitrogens with two attached hydrogens (primary N) is 1. The van der Waals surface area contributed by atoms with Crippen molar-refractivity contribution >= 4 is 17.5 Å². The number of primary amides is 1. The zero-order valence-electron chi connectivity index (χ0n) is 16.0. The summed E-state index contributed by atoms with van der Waals surface area (Å²) in [5.74, 6) is 0.820. The molecule has 4 N–H and O–H groups in total. The molecule has 2 aromatic carbocycles. The van der Waals surface area contributed by atoms with Gasteiger partial charge in [-0.2, -0.15) is 10.2 Å². The number of nitrogens with zero attached hydrogens (tertiary/aromatic N) is 4. The summed E-state index contributed by atoms with van der Waals surface area (Å²) < 4.78 is 5.93. The number of ether oxygens (including phenoxy) is 1. The number of benzene rings is 2. The molecule has 1 fully saturated rings. The van der Waals surface area contributed by atoms with Crippen molar-refractivity contribution in [3.05, 3.63) is 59.9 Å². The van der Waals surface area contributed by atoms with Crippen LogP contribution in [-0.4, -0.2) is 40.1 Å². The van der Waals surface area contributed by atoms with Crippen molar-refractivity contribution in [2.24, 2.45) is 5.73 Å². The molecule has 150 valence electrons. The van der Waals surface area contributed by atoms with Crippen LogP contribution in [0.1, 0.15) is 22.3 Å². The van der Waals surface area contributed by atoms with Crippen LogP contribution in [-0.2, 0) is 0 Å². The topological polar surface area (TPSA) is 139 Å². The fourth-order valence-corrected chi connectivity index (χ4v) is 3.11. The fourth-order valence-electron chi connectivity index (χ4n) is 3.11.